The van der Waals surface area contributed by atoms with Crippen LogP contribution < -0.4 is 4.74 Å². The number of piperazine rings is 1. The molecule has 0 atom stereocenters. The molecule has 2 aliphatic heterocycles. The molecule has 0 aromatic heterocycles. The number of rotatable bonds is 7. The normalized spacial score (nSPS) is 17.3. The van der Waals surface area contributed by atoms with Gasteiger partial charge in [0.2, 0.25) is 0 Å². The lowest BCUT2D eigenvalue weighted by molar-refractivity contribution is -0.138. The molecule has 1 fully saturated rings. The van der Waals surface area contributed by atoms with E-state index >= 15 is 0 Å². The van der Waals surface area contributed by atoms with Crippen molar-refractivity contribution in [2.75, 3.05) is 45.9 Å². The number of likely N-dealkylation sites (N-methyl/N-ethyl adjacent to an activating group) is 1. The standard InChI is InChI=1S/C27H33N3O3/c1-5-28-10-12-29(13-11-28)25-24(22-8-6-19(2)7-9-22)26(31)30(27(25)32)14-15-33-23-17-20(3)16-21(4)18-23/h6-9,16-18H,5,10-15H2,1-4H3. The van der Waals surface area contributed by atoms with Crippen LogP contribution in [-0.4, -0.2) is 72.4 Å². The van der Waals surface area contributed by atoms with Crippen molar-refractivity contribution in [2.45, 2.75) is 27.7 Å². The predicted octanol–water partition coefficient (Wildman–Crippen LogP) is 3.41. The highest BCUT2D eigenvalue weighted by molar-refractivity contribution is 6.35. The van der Waals surface area contributed by atoms with E-state index in [9.17, 15) is 9.59 Å². The Morgan fingerprint density at radius 2 is 1.45 bits per heavy atom. The molecule has 33 heavy (non-hydrogen) atoms. The fraction of sp³-hybridized carbons (Fsp3) is 0.407. The second-order valence-electron chi connectivity index (χ2n) is 8.94. The van der Waals surface area contributed by atoms with Crippen LogP contribution in [0.15, 0.2) is 48.2 Å². The van der Waals surface area contributed by atoms with Crippen molar-refractivity contribution in [1.82, 2.24) is 14.7 Å². The summed E-state index contributed by atoms with van der Waals surface area (Å²) in [7, 11) is 0. The summed E-state index contributed by atoms with van der Waals surface area (Å²) < 4.78 is 5.91. The van der Waals surface area contributed by atoms with Gasteiger partial charge in [0.25, 0.3) is 11.8 Å². The Hall–Kier alpha value is -3.12. The van der Waals surface area contributed by atoms with Gasteiger partial charge < -0.3 is 14.5 Å². The van der Waals surface area contributed by atoms with Crippen LogP contribution in [0.5, 0.6) is 5.75 Å². The van der Waals surface area contributed by atoms with Crippen LogP contribution in [0.3, 0.4) is 0 Å². The Morgan fingerprint density at radius 1 is 0.818 bits per heavy atom. The molecule has 0 bridgehead atoms. The third-order valence-electron chi connectivity index (χ3n) is 6.40. The molecule has 0 saturated carbocycles. The summed E-state index contributed by atoms with van der Waals surface area (Å²) in [4.78, 5) is 32.8. The van der Waals surface area contributed by atoms with E-state index in [4.69, 9.17) is 4.74 Å². The van der Waals surface area contributed by atoms with Gasteiger partial charge in [-0.25, -0.2) is 0 Å². The summed E-state index contributed by atoms with van der Waals surface area (Å²) in [6.07, 6.45) is 0. The maximum absolute atomic E-state index is 13.5. The molecular weight excluding hydrogens is 414 g/mol. The summed E-state index contributed by atoms with van der Waals surface area (Å²) in [5.41, 5.74) is 5.20. The van der Waals surface area contributed by atoms with E-state index in [-0.39, 0.29) is 25.0 Å². The van der Waals surface area contributed by atoms with E-state index in [2.05, 4.69) is 22.8 Å². The number of nitrogens with zero attached hydrogens (tertiary/aromatic N) is 3. The number of imide groups is 1. The monoisotopic (exact) mass is 447 g/mol. The number of hydrogen-bond donors (Lipinski definition) is 0. The summed E-state index contributed by atoms with van der Waals surface area (Å²) in [6.45, 7) is 12.9. The van der Waals surface area contributed by atoms with Gasteiger partial charge in [-0.3, -0.25) is 14.5 Å². The van der Waals surface area contributed by atoms with Crippen LogP contribution in [0.1, 0.15) is 29.2 Å². The molecule has 2 amide bonds. The number of benzene rings is 2. The lowest BCUT2D eigenvalue weighted by Gasteiger charge is -2.36. The summed E-state index contributed by atoms with van der Waals surface area (Å²) in [5.74, 6) is 0.305. The quantitative estimate of drug-likeness (QED) is 0.609. The third kappa shape index (κ3) is 4.96. The van der Waals surface area contributed by atoms with Crippen molar-refractivity contribution in [1.29, 1.82) is 0 Å². The van der Waals surface area contributed by atoms with Gasteiger partial charge in [0.1, 0.15) is 18.1 Å². The topological polar surface area (TPSA) is 53.1 Å². The first kappa shape index (κ1) is 23.1. The van der Waals surface area contributed by atoms with Gasteiger partial charge in [0.05, 0.1) is 12.1 Å². The molecule has 2 aromatic carbocycles. The molecule has 6 nitrogen and oxygen atoms in total. The Labute approximate surface area is 196 Å². The molecule has 1 saturated heterocycles. The number of amides is 2. The van der Waals surface area contributed by atoms with Crippen molar-refractivity contribution >= 4 is 17.4 Å². The molecular formula is C27H33N3O3. The van der Waals surface area contributed by atoms with Crippen LogP contribution >= 0.6 is 0 Å². The minimum atomic E-state index is -0.235. The first-order valence-electron chi connectivity index (χ1n) is 11.7. The number of aryl methyl sites for hydroxylation is 3. The summed E-state index contributed by atoms with van der Waals surface area (Å²) >= 11 is 0. The first-order chi connectivity index (χ1) is 15.9. The maximum atomic E-state index is 13.5. The van der Waals surface area contributed by atoms with E-state index in [1.54, 1.807) is 0 Å². The Balaban J connectivity index is 1.55. The highest BCUT2D eigenvalue weighted by Gasteiger charge is 2.41. The van der Waals surface area contributed by atoms with E-state index in [0.717, 1.165) is 60.7 Å². The van der Waals surface area contributed by atoms with Crippen molar-refractivity contribution in [2.24, 2.45) is 0 Å². The first-order valence-corrected chi connectivity index (χ1v) is 11.7. The SMILES string of the molecule is CCN1CCN(C2=C(c3ccc(C)cc3)C(=O)N(CCOc3cc(C)cc(C)c3)C2=O)CC1. The van der Waals surface area contributed by atoms with Crippen LogP contribution in [0, 0.1) is 20.8 Å². The maximum Gasteiger partial charge on any atom is 0.277 e. The van der Waals surface area contributed by atoms with Gasteiger partial charge in [-0.05, 0) is 56.1 Å². The predicted molar refractivity (Wildman–Crippen MR) is 130 cm³/mol. The molecule has 0 spiro atoms. The zero-order chi connectivity index (χ0) is 23.5. The fourth-order valence-electron chi connectivity index (χ4n) is 4.60. The average Bonchev–Trinajstić information content (AvgIpc) is 3.04. The molecule has 0 N–H and O–H groups in total. The molecule has 6 heteroatoms. The third-order valence-corrected chi connectivity index (χ3v) is 6.40. The van der Waals surface area contributed by atoms with Crippen LogP contribution in [0.2, 0.25) is 0 Å². The van der Waals surface area contributed by atoms with E-state index in [1.165, 1.54) is 4.90 Å². The van der Waals surface area contributed by atoms with Gasteiger partial charge in [-0.1, -0.05) is 42.8 Å². The largest absolute Gasteiger partial charge is 0.492 e. The van der Waals surface area contributed by atoms with E-state index in [0.29, 0.717) is 11.3 Å². The molecule has 2 heterocycles. The lowest BCUT2D eigenvalue weighted by Crippen LogP contribution is -2.47. The van der Waals surface area contributed by atoms with Gasteiger partial charge in [-0.15, -0.1) is 0 Å². The van der Waals surface area contributed by atoms with Gasteiger partial charge in [-0.2, -0.15) is 0 Å². The molecule has 2 aromatic rings. The molecule has 0 aliphatic carbocycles. The van der Waals surface area contributed by atoms with E-state index in [1.807, 2.05) is 57.2 Å². The molecule has 4 rings (SSSR count). The Bertz CT molecular complexity index is 1050. The summed E-state index contributed by atoms with van der Waals surface area (Å²) in [6, 6.07) is 13.9. The Kier molecular flexibility index (Phi) is 6.84. The van der Waals surface area contributed by atoms with E-state index < -0.39 is 0 Å². The minimum Gasteiger partial charge on any atom is -0.492 e. The van der Waals surface area contributed by atoms with Gasteiger partial charge >= 0.3 is 0 Å². The minimum absolute atomic E-state index is 0.218. The Morgan fingerprint density at radius 3 is 2.06 bits per heavy atom. The fourth-order valence-corrected chi connectivity index (χ4v) is 4.60. The smallest absolute Gasteiger partial charge is 0.277 e. The van der Waals surface area contributed by atoms with Crippen LogP contribution in [0.4, 0.5) is 0 Å². The number of carbonyl (C=O) groups excluding carboxylic acids is 2. The lowest BCUT2D eigenvalue weighted by atomic mass is 10.0. The summed E-state index contributed by atoms with van der Waals surface area (Å²) in [5, 5.41) is 0. The highest BCUT2D eigenvalue weighted by atomic mass is 16.5. The average molecular weight is 448 g/mol. The van der Waals surface area contributed by atoms with Crippen LogP contribution in [0.25, 0.3) is 5.57 Å². The van der Waals surface area contributed by atoms with Crippen molar-refractivity contribution in [3.8, 4) is 5.75 Å². The number of hydrogen-bond acceptors (Lipinski definition) is 5. The van der Waals surface area contributed by atoms with Crippen LogP contribution in [-0.2, 0) is 9.59 Å². The second-order valence-corrected chi connectivity index (χ2v) is 8.94. The molecule has 2 aliphatic rings. The zero-order valence-electron chi connectivity index (χ0n) is 20.1. The van der Waals surface area contributed by atoms with Gasteiger partial charge in [0, 0.05) is 26.2 Å². The zero-order valence-corrected chi connectivity index (χ0v) is 20.1. The van der Waals surface area contributed by atoms with Crippen molar-refractivity contribution < 1.29 is 14.3 Å². The molecule has 0 radical (unpaired) electrons. The number of ether oxygens (including phenoxy) is 1. The van der Waals surface area contributed by atoms with Crippen molar-refractivity contribution in [3.05, 3.63) is 70.4 Å². The number of carbonyl (C=O) groups is 2. The molecule has 174 valence electrons. The molecule has 0 unspecified atom stereocenters. The highest BCUT2D eigenvalue weighted by Crippen LogP contribution is 2.32. The van der Waals surface area contributed by atoms with Gasteiger partial charge in [0.15, 0.2) is 0 Å². The second kappa shape index (κ2) is 9.79. The van der Waals surface area contributed by atoms with Crippen molar-refractivity contribution in [3.63, 3.8) is 0 Å².